The SMILES string of the molecule is FC(F)(F)c1cc(-c2cc(-c3cc(C(F)(F)F)cc(C(F)(F)F)c3)[n-]n2)cc(C(F)(F)F)c1.FC(F)(F)c1cc(-c2cc(-c3cc(C(F)(F)F)cc(C(F)(F)F)c3)[n-]n2)cc(C(F)(F)F)c1.FC(F)(F)c1cc(-c2cc(-c3cc(C(F)(F)F)cc(C(F)(F)F)c3)[n-]n2)cc(C(F)(F)F)c1.[Au+].[Au+].[Au+]. The van der Waals surface area contributed by atoms with E-state index in [0.29, 0.717) is 91.0 Å². The van der Waals surface area contributed by atoms with Gasteiger partial charge in [0.2, 0.25) is 0 Å². The van der Waals surface area contributed by atoms with E-state index in [1.165, 1.54) is 0 Å². The summed E-state index contributed by atoms with van der Waals surface area (Å²) < 4.78 is 469. The van der Waals surface area contributed by atoms with E-state index in [9.17, 15) is 158 Å². The van der Waals surface area contributed by atoms with Crippen LogP contribution in [0.1, 0.15) is 66.8 Å². The second kappa shape index (κ2) is 30.0. The van der Waals surface area contributed by atoms with Crippen LogP contribution in [-0.4, -0.2) is 15.3 Å². The van der Waals surface area contributed by atoms with Gasteiger partial charge in [0.05, 0.1) is 66.8 Å². The first kappa shape index (κ1) is 87.1. The molecule has 6 aromatic carbocycles. The first-order valence-electron chi connectivity index (χ1n) is 25.4. The van der Waals surface area contributed by atoms with Gasteiger partial charge in [-0.05, 0) is 143 Å². The molecule has 9 aromatic rings. The number of hydrogen-bond acceptors (Lipinski definition) is 3. The number of halogens is 36. The van der Waals surface area contributed by atoms with Crippen molar-refractivity contribution in [2.24, 2.45) is 0 Å². The maximum absolute atomic E-state index is 13.0. The van der Waals surface area contributed by atoms with Crippen LogP contribution in [0.5, 0.6) is 0 Å². The predicted molar refractivity (Wildman–Crippen MR) is 265 cm³/mol. The second-order valence-electron chi connectivity index (χ2n) is 20.1. The third kappa shape index (κ3) is 22.1. The fourth-order valence-electron chi connectivity index (χ4n) is 8.35. The molecular formula is C57H21Au3F36N6. The number of aromatic nitrogens is 6. The molecular weight excluding hydrogens is 2040 g/mol. The summed E-state index contributed by atoms with van der Waals surface area (Å²) in [6, 6.07) is 4.78. The summed E-state index contributed by atoms with van der Waals surface area (Å²) in [6.07, 6.45) is -62.1. The van der Waals surface area contributed by atoms with Crippen molar-refractivity contribution in [3.63, 3.8) is 0 Å². The van der Waals surface area contributed by atoms with E-state index in [-0.39, 0.29) is 104 Å². The average Bonchev–Trinajstić information content (AvgIpc) is 1.62. The molecule has 0 bridgehead atoms. The Morgan fingerprint density at radius 1 is 0.157 bits per heavy atom. The number of hydrogen-bond donors (Lipinski definition) is 0. The van der Waals surface area contributed by atoms with E-state index in [1.54, 1.807) is 0 Å². The summed E-state index contributed by atoms with van der Waals surface area (Å²) in [6.45, 7) is 0. The monoisotopic (exact) mass is 2060 g/mol. The summed E-state index contributed by atoms with van der Waals surface area (Å²) >= 11 is 0. The molecule has 0 aliphatic heterocycles. The molecule has 0 saturated heterocycles. The van der Waals surface area contributed by atoms with Gasteiger partial charge < -0.3 is 30.6 Å². The van der Waals surface area contributed by atoms with Crippen molar-refractivity contribution in [2.45, 2.75) is 74.1 Å². The molecule has 9 rings (SSSR count). The Labute approximate surface area is 588 Å². The molecule has 564 valence electrons. The van der Waals surface area contributed by atoms with Gasteiger partial charge in [0, 0.05) is 17.1 Å². The molecule has 3 aromatic heterocycles. The van der Waals surface area contributed by atoms with Gasteiger partial charge in [-0.1, -0.05) is 18.2 Å². The minimum Gasteiger partial charge on any atom is -0.574 e. The van der Waals surface area contributed by atoms with E-state index < -0.39 is 208 Å². The summed E-state index contributed by atoms with van der Waals surface area (Å²) in [4.78, 5) is 0. The molecule has 45 heteroatoms. The van der Waals surface area contributed by atoms with E-state index in [2.05, 4.69) is 30.6 Å². The maximum atomic E-state index is 13.0. The first-order valence-corrected chi connectivity index (χ1v) is 25.4. The fraction of sp³-hybridized carbons (Fsp3) is 0.211. The van der Waals surface area contributed by atoms with Crippen LogP contribution in [0.15, 0.2) is 127 Å². The summed E-state index contributed by atoms with van der Waals surface area (Å²) in [5, 5.41) is 20.1. The zero-order valence-corrected chi connectivity index (χ0v) is 53.8. The molecule has 6 nitrogen and oxygen atoms in total. The van der Waals surface area contributed by atoms with Crippen molar-refractivity contribution < 1.29 is 225 Å². The molecule has 0 fully saturated rings. The van der Waals surface area contributed by atoms with E-state index in [4.69, 9.17) is 0 Å². The Kier molecular flexibility index (Phi) is 25.6. The summed E-state index contributed by atoms with van der Waals surface area (Å²) in [5.41, 5.74) is -28.3. The minimum atomic E-state index is -5.18. The predicted octanol–water partition coefficient (Wildman–Crippen LogP) is 22.3. The van der Waals surface area contributed by atoms with Crippen LogP contribution in [-0.2, 0) is 141 Å². The third-order valence-electron chi connectivity index (χ3n) is 12.9. The molecule has 0 aliphatic rings. The normalized spacial score (nSPS) is 13.1. The van der Waals surface area contributed by atoms with Crippen LogP contribution in [0.4, 0.5) is 158 Å². The maximum Gasteiger partial charge on any atom is 1.00 e. The zero-order valence-electron chi connectivity index (χ0n) is 47.3. The van der Waals surface area contributed by atoms with E-state index in [1.807, 2.05) is 0 Å². The Bertz CT molecular complexity index is 3490. The van der Waals surface area contributed by atoms with Gasteiger partial charge in [0.25, 0.3) is 0 Å². The topological polar surface area (TPSA) is 81.0 Å². The van der Waals surface area contributed by atoms with Crippen LogP contribution in [0.25, 0.3) is 67.5 Å². The average molecular weight is 2060 g/mol. The molecule has 0 amide bonds. The fourth-order valence-corrected chi connectivity index (χ4v) is 8.35. The Balaban J connectivity index is 0.000000320. The van der Waals surface area contributed by atoms with Crippen LogP contribution >= 0.6 is 0 Å². The largest absolute Gasteiger partial charge is 1.00 e. The smallest absolute Gasteiger partial charge is 0.574 e. The first-order chi connectivity index (χ1) is 44.6. The van der Waals surface area contributed by atoms with Crippen molar-refractivity contribution in [3.8, 4) is 67.5 Å². The van der Waals surface area contributed by atoms with Crippen LogP contribution in [0.3, 0.4) is 0 Å². The Hall–Kier alpha value is -7.35. The number of rotatable bonds is 6. The zero-order chi connectivity index (χ0) is 74.9. The van der Waals surface area contributed by atoms with Gasteiger partial charge in [0.1, 0.15) is 0 Å². The van der Waals surface area contributed by atoms with Crippen LogP contribution in [0, 0.1) is 0 Å². The van der Waals surface area contributed by atoms with E-state index in [0.717, 1.165) is 0 Å². The second-order valence-corrected chi connectivity index (χ2v) is 20.1. The van der Waals surface area contributed by atoms with Crippen molar-refractivity contribution in [1.82, 2.24) is 30.6 Å². The van der Waals surface area contributed by atoms with Gasteiger partial charge in [-0.3, -0.25) is 0 Å². The number of benzene rings is 6. The van der Waals surface area contributed by atoms with Crippen LogP contribution in [0.2, 0.25) is 0 Å². The molecule has 0 N–H and O–H groups in total. The molecule has 0 aliphatic carbocycles. The quantitative estimate of drug-likeness (QED) is 0.122. The Morgan fingerprint density at radius 3 is 0.373 bits per heavy atom. The molecule has 0 atom stereocenters. The van der Waals surface area contributed by atoms with Gasteiger partial charge in [-0.25, -0.2) is 0 Å². The van der Waals surface area contributed by atoms with Crippen molar-refractivity contribution in [3.05, 3.63) is 194 Å². The van der Waals surface area contributed by atoms with Gasteiger partial charge in [0.15, 0.2) is 0 Å². The van der Waals surface area contributed by atoms with Gasteiger partial charge in [-0.2, -0.15) is 158 Å². The molecule has 0 saturated carbocycles. The molecule has 0 unspecified atom stereocenters. The molecule has 0 radical (unpaired) electrons. The molecule has 102 heavy (non-hydrogen) atoms. The Morgan fingerprint density at radius 2 is 0.265 bits per heavy atom. The van der Waals surface area contributed by atoms with Gasteiger partial charge >= 0.3 is 141 Å². The van der Waals surface area contributed by atoms with Crippen molar-refractivity contribution >= 4 is 0 Å². The number of nitrogens with zero attached hydrogens (tertiary/aromatic N) is 6. The van der Waals surface area contributed by atoms with Crippen molar-refractivity contribution in [1.29, 1.82) is 0 Å². The molecule has 0 spiro atoms. The summed E-state index contributed by atoms with van der Waals surface area (Å²) in [7, 11) is 0. The minimum absolute atomic E-state index is 0. The van der Waals surface area contributed by atoms with Crippen molar-refractivity contribution in [2.75, 3.05) is 0 Å². The summed E-state index contributed by atoms with van der Waals surface area (Å²) in [5.74, 6) is 0. The third-order valence-corrected chi connectivity index (χ3v) is 12.9. The molecule has 3 heterocycles. The number of alkyl halides is 36. The van der Waals surface area contributed by atoms with Crippen LogP contribution < -0.4 is 15.3 Å². The van der Waals surface area contributed by atoms with E-state index >= 15 is 0 Å². The standard InChI is InChI=1S/3C19H7F12N2.3Au/c3*20-16(21,22)10-1-8(2-11(5-10)17(23,24)25)14-7-15(33-32-14)9-3-12(18(26,27)28)6-13(4-9)19(29,30)31;;;/h3*1-7H;;;/q3*-1;3*+1. The van der Waals surface area contributed by atoms with Gasteiger partial charge in [-0.15, -0.1) is 17.1 Å².